The van der Waals surface area contributed by atoms with Gasteiger partial charge in [-0.3, -0.25) is 9.59 Å². The number of benzene rings is 2. The zero-order valence-electron chi connectivity index (χ0n) is 23.5. The molecular weight excluding hydrogens is 508 g/mol. The van der Waals surface area contributed by atoms with Gasteiger partial charge >= 0.3 is 6.03 Å². The highest BCUT2D eigenvalue weighted by Crippen LogP contribution is 2.36. The molecule has 1 aliphatic rings. The summed E-state index contributed by atoms with van der Waals surface area (Å²) in [6.07, 6.45) is 1.76. The third-order valence-corrected chi connectivity index (χ3v) is 6.99. The van der Waals surface area contributed by atoms with Gasteiger partial charge < -0.3 is 35.9 Å². The van der Waals surface area contributed by atoms with Crippen LogP contribution in [0.1, 0.15) is 46.7 Å². The predicted molar refractivity (Wildman–Crippen MR) is 159 cm³/mol. The standard InChI is InChI=1S/C30H36N6O4/c1-6-36(7-2)14-13-31-29(38)27-18(3)25(32-19(27)4)17-24-23-12-11-21(16-26(23)35-28(24)37)34-30(39)33-20-9-8-10-22(15-20)40-5/h8-12,15-17,32H,6-7,13-14H2,1-5H3,(H,31,38)(H,35,37)(H2,33,34,39)/b24-17-. The van der Waals surface area contributed by atoms with E-state index in [0.717, 1.165) is 30.9 Å². The number of rotatable bonds is 10. The number of likely N-dealkylation sites (N-methyl/N-ethyl adjacent to an activating group) is 1. The fourth-order valence-corrected chi connectivity index (χ4v) is 4.77. The molecule has 0 spiro atoms. The van der Waals surface area contributed by atoms with Crippen LogP contribution in [0.15, 0.2) is 42.5 Å². The maximum atomic E-state index is 12.9. The first kappa shape index (κ1) is 28.4. The summed E-state index contributed by atoms with van der Waals surface area (Å²) in [6.45, 7) is 11.1. The molecule has 0 saturated heterocycles. The van der Waals surface area contributed by atoms with Crippen molar-refractivity contribution in [1.82, 2.24) is 15.2 Å². The van der Waals surface area contributed by atoms with Crippen LogP contribution < -0.4 is 26.0 Å². The fourth-order valence-electron chi connectivity index (χ4n) is 4.77. The Hall–Kier alpha value is -4.57. The van der Waals surface area contributed by atoms with E-state index in [2.05, 4.69) is 45.0 Å². The average Bonchev–Trinajstić information content (AvgIpc) is 3.39. The first-order valence-corrected chi connectivity index (χ1v) is 13.3. The molecule has 0 radical (unpaired) electrons. The monoisotopic (exact) mass is 544 g/mol. The number of carbonyl (C=O) groups excluding carboxylic acids is 3. The van der Waals surface area contributed by atoms with Gasteiger partial charge in [0.15, 0.2) is 0 Å². The number of nitrogens with one attached hydrogen (secondary N) is 5. The number of amides is 4. The number of aromatic amines is 1. The van der Waals surface area contributed by atoms with Gasteiger partial charge in [0.25, 0.3) is 11.8 Å². The predicted octanol–water partition coefficient (Wildman–Crippen LogP) is 4.85. The van der Waals surface area contributed by atoms with Crippen molar-refractivity contribution in [1.29, 1.82) is 0 Å². The van der Waals surface area contributed by atoms with Crippen LogP contribution in [-0.4, -0.2) is 61.0 Å². The van der Waals surface area contributed by atoms with E-state index in [9.17, 15) is 14.4 Å². The van der Waals surface area contributed by atoms with Gasteiger partial charge in [-0.15, -0.1) is 0 Å². The van der Waals surface area contributed by atoms with Gasteiger partial charge in [-0.2, -0.15) is 0 Å². The lowest BCUT2D eigenvalue weighted by atomic mass is 10.0. The van der Waals surface area contributed by atoms with E-state index in [0.29, 0.717) is 51.8 Å². The van der Waals surface area contributed by atoms with Crippen molar-refractivity contribution < 1.29 is 19.1 Å². The number of carbonyl (C=O) groups is 3. The summed E-state index contributed by atoms with van der Waals surface area (Å²) in [5.41, 5.74) is 5.69. The lowest BCUT2D eigenvalue weighted by Gasteiger charge is -2.18. The van der Waals surface area contributed by atoms with Crippen molar-refractivity contribution in [3.8, 4) is 5.75 Å². The maximum Gasteiger partial charge on any atom is 0.323 e. The second kappa shape index (κ2) is 12.5. The van der Waals surface area contributed by atoms with Gasteiger partial charge in [-0.1, -0.05) is 26.0 Å². The topological polar surface area (TPSA) is 128 Å². The van der Waals surface area contributed by atoms with Crippen LogP contribution in [0, 0.1) is 13.8 Å². The Balaban J connectivity index is 1.47. The number of ether oxygens (including phenoxy) is 1. The minimum absolute atomic E-state index is 0.137. The smallest absolute Gasteiger partial charge is 0.323 e. The highest BCUT2D eigenvalue weighted by atomic mass is 16.5. The molecule has 10 nitrogen and oxygen atoms in total. The summed E-state index contributed by atoms with van der Waals surface area (Å²) >= 11 is 0. The van der Waals surface area contributed by atoms with Crippen LogP contribution in [-0.2, 0) is 4.79 Å². The normalized spacial score (nSPS) is 13.2. The second-order valence-electron chi connectivity index (χ2n) is 9.53. The Morgan fingerprint density at radius 1 is 1.02 bits per heavy atom. The Bertz CT molecular complexity index is 1450. The van der Waals surface area contributed by atoms with Crippen molar-refractivity contribution in [2.24, 2.45) is 0 Å². The molecule has 0 atom stereocenters. The van der Waals surface area contributed by atoms with Crippen molar-refractivity contribution >= 4 is 46.6 Å². The molecule has 1 aliphatic heterocycles. The second-order valence-corrected chi connectivity index (χ2v) is 9.53. The number of aryl methyl sites for hydroxylation is 1. The Morgan fingerprint density at radius 3 is 2.45 bits per heavy atom. The summed E-state index contributed by atoms with van der Waals surface area (Å²) in [7, 11) is 1.56. The van der Waals surface area contributed by atoms with E-state index in [1.807, 2.05) is 13.8 Å². The Kier molecular flexibility index (Phi) is 8.90. The molecular formula is C30H36N6O4. The van der Waals surface area contributed by atoms with Gasteiger partial charge in [0.1, 0.15) is 5.75 Å². The molecule has 210 valence electrons. The average molecular weight is 545 g/mol. The number of hydrogen-bond acceptors (Lipinski definition) is 5. The number of H-pyrrole nitrogens is 1. The van der Waals surface area contributed by atoms with Crippen LogP contribution in [0.5, 0.6) is 5.75 Å². The highest BCUT2D eigenvalue weighted by Gasteiger charge is 2.26. The first-order valence-electron chi connectivity index (χ1n) is 13.3. The highest BCUT2D eigenvalue weighted by molar-refractivity contribution is 6.35. The van der Waals surface area contributed by atoms with Gasteiger partial charge in [-0.05, 0) is 62.8 Å². The summed E-state index contributed by atoms with van der Waals surface area (Å²) in [4.78, 5) is 43.8. The fraction of sp³-hybridized carbons (Fsp3) is 0.300. The van der Waals surface area contributed by atoms with E-state index in [-0.39, 0.29) is 11.8 Å². The molecule has 4 rings (SSSR count). The van der Waals surface area contributed by atoms with Crippen LogP contribution >= 0.6 is 0 Å². The number of nitrogens with zero attached hydrogens (tertiary/aromatic N) is 1. The molecule has 0 bridgehead atoms. The van der Waals surface area contributed by atoms with Crippen molar-refractivity contribution in [3.63, 3.8) is 0 Å². The van der Waals surface area contributed by atoms with E-state index in [4.69, 9.17) is 4.74 Å². The third-order valence-electron chi connectivity index (χ3n) is 6.99. The molecule has 0 aliphatic carbocycles. The van der Waals surface area contributed by atoms with Gasteiger partial charge in [0, 0.05) is 47.5 Å². The SMILES string of the molecule is CCN(CC)CCNC(=O)c1c(C)[nH]c(/C=C2\C(=O)Nc3cc(NC(=O)Nc4cccc(OC)c4)ccc32)c1C. The third kappa shape index (κ3) is 6.35. The van der Waals surface area contributed by atoms with E-state index in [1.54, 1.807) is 55.7 Å². The van der Waals surface area contributed by atoms with E-state index in [1.165, 1.54) is 0 Å². The zero-order chi connectivity index (χ0) is 28.8. The lowest BCUT2D eigenvalue weighted by molar-refractivity contribution is -0.110. The quantitative estimate of drug-likeness (QED) is 0.233. The molecule has 0 fully saturated rings. The number of urea groups is 1. The minimum atomic E-state index is -0.423. The van der Waals surface area contributed by atoms with Gasteiger partial charge in [0.2, 0.25) is 0 Å². The summed E-state index contributed by atoms with van der Waals surface area (Å²) in [6, 6.07) is 11.8. The number of fused-ring (bicyclic) bond motifs is 1. The van der Waals surface area contributed by atoms with Gasteiger partial charge in [-0.25, -0.2) is 4.79 Å². The van der Waals surface area contributed by atoms with Crippen LogP contribution in [0.2, 0.25) is 0 Å². The number of methoxy groups -OCH3 is 1. The maximum absolute atomic E-state index is 12.9. The minimum Gasteiger partial charge on any atom is -0.497 e. The van der Waals surface area contributed by atoms with Crippen LogP contribution in [0.25, 0.3) is 11.6 Å². The summed E-state index contributed by atoms with van der Waals surface area (Å²) in [5.74, 6) is 0.236. The Labute approximate surface area is 234 Å². The van der Waals surface area contributed by atoms with Crippen LogP contribution in [0.3, 0.4) is 0 Å². The van der Waals surface area contributed by atoms with Gasteiger partial charge in [0.05, 0.1) is 23.9 Å². The molecule has 40 heavy (non-hydrogen) atoms. The molecule has 4 amide bonds. The number of hydrogen-bond donors (Lipinski definition) is 5. The summed E-state index contributed by atoms with van der Waals surface area (Å²) < 4.78 is 5.18. The van der Waals surface area contributed by atoms with Crippen molar-refractivity contribution in [2.45, 2.75) is 27.7 Å². The molecule has 2 aromatic carbocycles. The summed E-state index contributed by atoms with van der Waals surface area (Å²) in [5, 5.41) is 11.4. The molecule has 0 unspecified atom stereocenters. The first-order chi connectivity index (χ1) is 19.2. The molecule has 5 N–H and O–H groups in total. The molecule has 10 heteroatoms. The Morgan fingerprint density at radius 2 is 1.75 bits per heavy atom. The number of anilines is 3. The zero-order valence-corrected chi connectivity index (χ0v) is 23.5. The largest absolute Gasteiger partial charge is 0.497 e. The van der Waals surface area contributed by atoms with E-state index < -0.39 is 6.03 Å². The lowest BCUT2D eigenvalue weighted by Crippen LogP contribution is -2.35. The number of aromatic nitrogens is 1. The van der Waals surface area contributed by atoms with Crippen LogP contribution in [0.4, 0.5) is 21.9 Å². The molecule has 3 aromatic rings. The molecule has 2 heterocycles. The molecule has 0 saturated carbocycles. The van der Waals surface area contributed by atoms with E-state index >= 15 is 0 Å². The van der Waals surface area contributed by atoms with Crippen molar-refractivity contribution in [3.05, 3.63) is 70.5 Å². The van der Waals surface area contributed by atoms with Crippen molar-refractivity contribution in [2.75, 3.05) is 49.2 Å². The molecule has 1 aromatic heterocycles.